The molecule has 0 aromatic rings. The third kappa shape index (κ3) is 1.74. The largest absolute Gasteiger partial charge is 0.395 e. The van der Waals surface area contributed by atoms with Crippen LogP contribution in [0.1, 0.15) is 32.1 Å². The van der Waals surface area contributed by atoms with Crippen molar-refractivity contribution in [2.24, 2.45) is 5.92 Å². The molecule has 0 amide bonds. The zero-order chi connectivity index (χ0) is 7.68. The Kier molecular flexibility index (Phi) is 2.14. The van der Waals surface area contributed by atoms with Crippen molar-refractivity contribution in [2.75, 3.05) is 6.61 Å². The van der Waals surface area contributed by atoms with Crippen molar-refractivity contribution in [2.45, 2.75) is 44.2 Å². The van der Waals surface area contributed by atoms with E-state index in [1.54, 1.807) is 0 Å². The van der Waals surface area contributed by atoms with Gasteiger partial charge in [-0.05, 0) is 31.6 Å². The van der Waals surface area contributed by atoms with Crippen molar-refractivity contribution in [1.82, 2.24) is 5.32 Å². The minimum absolute atomic E-state index is 0.334. The molecule has 2 nitrogen and oxygen atoms in total. The molecule has 11 heavy (non-hydrogen) atoms. The molecule has 0 aliphatic heterocycles. The molecule has 2 aliphatic carbocycles. The lowest BCUT2D eigenvalue weighted by molar-refractivity contribution is 0.194. The van der Waals surface area contributed by atoms with E-state index in [4.69, 9.17) is 5.11 Å². The summed E-state index contributed by atoms with van der Waals surface area (Å²) in [6.45, 7) is 0.334. The molecule has 2 saturated carbocycles. The molecule has 1 atom stereocenters. The van der Waals surface area contributed by atoms with Crippen molar-refractivity contribution in [3.63, 3.8) is 0 Å². The molecule has 0 saturated heterocycles. The maximum absolute atomic E-state index is 9.04. The third-order valence-electron chi connectivity index (χ3n) is 2.94. The molecule has 2 aliphatic rings. The fourth-order valence-corrected chi connectivity index (χ4v) is 1.71. The normalized spacial score (nSPS) is 28.1. The fraction of sp³-hybridized carbons (Fsp3) is 1.00. The lowest BCUT2D eigenvalue weighted by Gasteiger charge is -2.30. The van der Waals surface area contributed by atoms with E-state index >= 15 is 0 Å². The Balaban J connectivity index is 1.71. The lowest BCUT2D eigenvalue weighted by atomic mass is 9.92. The molecule has 2 rings (SSSR count). The van der Waals surface area contributed by atoms with Gasteiger partial charge in [-0.1, -0.05) is 6.42 Å². The Labute approximate surface area is 68.0 Å². The van der Waals surface area contributed by atoms with Gasteiger partial charge in [0.15, 0.2) is 0 Å². The van der Waals surface area contributed by atoms with Crippen molar-refractivity contribution in [3.8, 4) is 0 Å². The fourth-order valence-electron chi connectivity index (χ4n) is 1.71. The molecule has 0 bridgehead atoms. The van der Waals surface area contributed by atoms with Crippen LogP contribution in [-0.4, -0.2) is 23.8 Å². The SMILES string of the molecule is OCC(NC1CCC1)C1CC1. The van der Waals surface area contributed by atoms with Crippen LogP contribution in [0, 0.1) is 5.92 Å². The third-order valence-corrected chi connectivity index (χ3v) is 2.94. The van der Waals surface area contributed by atoms with Crippen molar-refractivity contribution in [1.29, 1.82) is 0 Å². The smallest absolute Gasteiger partial charge is 0.0587 e. The highest BCUT2D eigenvalue weighted by Gasteiger charge is 2.32. The van der Waals surface area contributed by atoms with Crippen LogP contribution in [0.5, 0.6) is 0 Å². The van der Waals surface area contributed by atoms with Gasteiger partial charge < -0.3 is 10.4 Å². The first-order valence-corrected chi connectivity index (χ1v) is 4.77. The summed E-state index contributed by atoms with van der Waals surface area (Å²) in [4.78, 5) is 0. The average molecular weight is 155 g/mol. The number of hydrogen-bond acceptors (Lipinski definition) is 2. The summed E-state index contributed by atoms with van der Waals surface area (Å²) in [7, 11) is 0. The zero-order valence-electron chi connectivity index (χ0n) is 6.92. The van der Waals surface area contributed by atoms with Gasteiger partial charge in [0.25, 0.3) is 0 Å². The predicted molar refractivity (Wildman–Crippen MR) is 44.4 cm³/mol. The van der Waals surface area contributed by atoms with E-state index in [-0.39, 0.29) is 0 Å². The van der Waals surface area contributed by atoms with Crippen LogP contribution >= 0.6 is 0 Å². The summed E-state index contributed by atoms with van der Waals surface area (Å²) >= 11 is 0. The Morgan fingerprint density at radius 2 is 2.00 bits per heavy atom. The number of nitrogens with one attached hydrogen (secondary N) is 1. The zero-order valence-corrected chi connectivity index (χ0v) is 6.92. The van der Waals surface area contributed by atoms with Gasteiger partial charge in [-0.15, -0.1) is 0 Å². The van der Waals surface area contributed by atoms with Crippen LogP contribution in [0.4, 0.5) is 0 Å². The van der Waals surface area contributed by atoms with Crippen LogP contribution < -0.4 is 5.32 Å². The summed E-state index contributed by atoms with van der Waals surface area (Å²) < 4.78 is 0. The molecule has 0 heterocycles. The van der Waals surface area contributed by atoms with Gasteiger partial charge in [-0.2, -0.15) is 0 Å². The van der Waals surface area contributed by atoms with Gasteiger partial charge in [-0.25, -0.2) is 0 Å². The molecule has 1 unspecified atom stereocenters. The van der Waals surface area contributed by atoms with E-state index in [2.05, 4.69) is 5.32 Å². The molecule has 0 aromatic carbocycles. The molecule has 0 aromatic heterocycles. The topological polar surface area (TPSA) is 32.3 Å². The van der Waals surface area contributed by atoms with Crippen molar-refractivity contribution in [3.05, 3.63) is 0 Å². The van der Waals surface area contributed by atoms with E-state index in [1.165, 1.54) is 32.1 Å². The second-order valence-electron chi connectivity index (χ2n) is 3.92. The van der Waals surface area contributed by atoms with Crippen LogP contribution in [0.25, 0.3) is 0 Å². The standard InChI is InChI=1S/C9H17NO/c11-6-9(7-4-5-7)10-8-2-1-3-8/h7-11H,1-6H2. The Bertz CT molecular complexity index is 130. The first-order chi connectivity index (χ1) is 5.40. The first kappa shape index (κ1) is 7.56. The van der Waals surface area contributed by atoms with E-state index < -0.39 is 0 Å². The van der Waals surface area contributed by atoms with E-state index in [9.17, 15) is 0 Å². The summed E-state index contributed by atoms with van der Waals surface area (Å²) in [6.07, 6.45) is 6.67. The van der Waals surface area contributed by atoms with E-state index in [1.807, 2.05) is 0 Å². The van der Waals surface area contributed by atoms with Gasteiger partial charge in [0.2, 0.25) is 0 Å². The minimum atomic E-state index is 0.334. The molecule has 2 N–H and O–H groups in total. The van der Waals surface area contributed by atoms with Crippen LogP contribution in [-0.2, 0) is 0 Å². The Hall–Kier alpha value is -0.0800. The van der Waals surface area contributed by atoms with Crippen LogP contribution in [0.15, 0.2) is 0 Å². The van der Waals surface area contributed by atoms with Crippen molar-refractivity contribution >= 4 is 0 Å². The minimum Gasteiger partial charge on any atom is -0.395 e. The van der Waals surface area contributed by atoms with Crippen molar-refractivity contribution < 1.29 is 5.11 Å². The Morgan fingerprint density at radius 1 is 1.27 bits per heavy atom. The second kappa shape index (κ2) is 3.11. The Morgan fingerprint density at radius 3 is 2.36 bits per heavy atom. The monoisotopic (exact) mass is 155 g/mol. The highest BCUT2D eigenvalue weighted by Crippen LogP contribution is 2.33. The maximum Gasteiger partial charge on any atom is 0.0587 e. The summed E-state index contributed by atoms with van der Waals surface area (Å²) in [5.41, 5.74) is 0. The lowest BCUT2D eigenvalue weighted by Crippen LogP contribution is -2.45. The molecule has 0 radical (unpaired) electrons. The molecule has 64 valence electrons. The maximum atomic E-state index is 9.04. The van der Waals surface area contributed by atoms with Gasteiger partial charge >= 0.3 is 0 Å². The van der Waals surface area contributed by atoms with Gasteiger partial charge in [0.1, 0.15) is 0 Å². The number of rotatable bonds is 4. The number of aliphatic hydroxyl groups is 1. The van der Waals surface area contributed by atoms with Gasteiger partial charge in [0, 0.05) is 12.1 Å². The summed E-state index contributed by atoms with van der Waals surface area (Å²) in [6, 6.07) is 1.15. The molecule has 2 heteroatoms. The predicted octanol–water partition coefficient (Wildman–Crippen LogP) is 0.899. The molecular formula is C9H17NO. The van der Waals surface area contributed by atoms with Crippen LogP contribution in [0.2, 0.25) is 0 Å². The number of hydrogen-bond donors (Lipinski definition) is 2. The van der Waals surface area contributed by atoms with E-state index in [0.29, 0.717) is 12.6 Å². The highest BCUT2D eigenvalue weighted by atomic mass is 16.3. The van der Waals surface area contributed by atoms with Gasteiger partial charge in [-0.3, -0.25) is 0 Å². The quantitative estimate of drug-likeness (QED) is 0.632. The molecule has 0 spiro atoms. The first-order valence-electron chi connectivity index (χ1n) is 4.77. The second-order valence-corrected chi connectivity index (χ2v) is 3.92. The molecular weight excluding hydrogens is 138 g/mol. The average Bonchev–Trinajstić information content (AvgIpc) is 2.68. The van der Waals surface area contributed by atoms with E-state index in [0.717, 1.165) is 12.0 Å². The number of aliphatic hydroxyl groups excluding tert-OH is 1. The summed E-state index contributed by atoms with van der Waals surface area (Å²) in [5, 5.41) is 12.6. The summed E-state index contributed by atoms with van der Waals surface area (Å²) in [5.74, 6) is 0.792. The van der Waals surface area contributed by atoms with Gasteiger partial charge in [0.05, 0.1) is 6.61 Å². The highest BCUT2D eigenvalue weighted by molar-refractivity contribution is 4.89. The molecule has 2 fully saturated rings. The van der Waals surface area contributed by atoms with Crippen LogP contribution in [0.3, 0.4) is 0 Å².